The van der Waals surface area contributed by atoms with Crippen LogP contribution in [-0.2, 0) is 19.5 Å². The molecule has 0 amide bonds. The fourth-order valence-corrected chi connectivity index (χ4v) is 4.15. The lowest BCUT2D eigenvalue weighted by Gasteiger charge is -2.19. The molecule has 21 heavy (non-hydrogen) atoms. The smallest absolute Gasteiger partial charge is 0.0440 e. The summed E-state index contributed by atoms with van der Waals surface area (Å²) in [5.41, 5.74) is 4.44. The van der Waals surface area contributed by atoms with E-state index >= 15 is 0 Å². The maximum atomic E-state index is 3.62. The highest BCUT2D eigenvalue weighted by Gasteiger charge is 2.22. The number of fused-ring (bicyclic) bond motifs is 1. The summed E-state index contributed by atoms with van der Waals surface area (Å²) in [4.78, 5) is 5.50. The number of hydrogen-bond acceptors (Lipinski definition) is 3. The fourth-order valence-electron chi connectivity index (χ4n) is 3.14. The maximum absolute atomic E-state index is 3.62. The van der Waals surface area contributed by atoms with Gasteiger partial charge in [-0.25, -0.2) is 0 Å². The second-order valence-electron chi connectivity index (χ2n) is 6.25. The zero-order chi connectivity index (χ0) is 14.2. The molecule has 1 aromatic heterocycles. The first-order chi connectivity index (χ1) is 10.3. The van der Waals surface area contributed by atoms with Gasteiger partial charge in [0, 0.05) is 41.1 Å². The van der Waals surface area contributed by atoms with E-state index in [-0.39, 0.29) is 0 Å². The number of nitrogens with one attached hydrogen (secondary N) is 1. The van der Waals surface area contributed by atoms with Crippen molar-refractivity contribution in [3.63, 3.8) is 0 Å². The molecule has 2 nitrogen and oxygen atoms in total. The third-order valence-electron chi connectivity index (χ3n) is 4.56. The van der Waals surface area contributed by atoms with E-state index in [2.05, 4.69) is 47.5 Å². The molecule has 0 saturated heterocycles. The van der Waals surface area contributed by atoms with Crippen LogP contribution in [0, 0.1) is 6.92 Å². The topological polar surface area (TPSA) is 15.3 Å². The first-order valence-corrected chi connectivity index (χ1v) is 8.75. The first-order valence-electron chi connectivity index (χ1n) is 7.94. The third-order valence-corrected chi connectivity index (χ3v) is 5.65. The Kier molecular flexibility index (Phi) is 3.48. The van der Waals surface area contributed by atoms with Crippen LogP contribution in [0.2, 0.25) is 0 Å². The van der Waals surface area contributed by atoms with E-state index in [1.54, 1.807) is 0 Å². The SMILES string of the molecule is Cc1sc(CNC2CC2)cc1CN1CCc2ccccc21. The molecule has 2 heterocycles. The van der Waals surface area contributed by atoms with Crippen molar-refractivity contribution in [3.05, 3.63) is 51.2 Å². The van der Waals surface area contributed by atoms with E-state index in [0.717, 1.165) is 25.7 Å². The highest BCUT2D eigenvalue weighted by Crippen LogP contribution is 2.31. The molecule has 2 aliphatic rings. The number of aryl methyl sites for hydroxylation is 1. The molecule has 1 aliphatic carbocycles. The molecular formula is C18H22N2S. The van der Waals surface area contributed by atoms with Gasteiger partial charge in [-0.2, -0.15) is 0 Å². The summed E-state index contributed by atoms with van der Waals surface area (Å²) in [6.07, 6.45) is 3.92. The predicted molar refractivity (Wildman–Crippen MR) is 90.1 cm³/mol. The van der Waals surface area contributed by atoms with Gasteiger partial charge in [-0.15, -0.1) is 11.3 Å². The summed E-state index contributed by atoms with van der Waals surface area (Å²) >= 11 is 1.96. The van der Waals surface area contributed by atoms with Gasteiger partial charge in [0.05, 0.1) is 0 Å². The zero-order valence-corrected chi connectivity index (χ0v) is 13.4. The summed E-state index contributed by atoms with van der Waals surface area (Å²) < 4.78 is 0. The molecule has 1 aliphatic heterocycles. The summed E-state index contributed by atoms with van der Waals surface area (Å²) in [6.45, 7) is 5.53. The van der Waals surface area contributed by atoms with Crippen LogP contribution in [0.25, 0.3) is 0 Å². The number of benzene rings is 1. The Hall–Kier alpha value is -1.32. The van der Waals surface area contributed by atoms with Crippen LogP contribution in [0.5, 0.6) is 0 Å². The van der Waals surface area contributed by atoms with Crippen molar-refractivity contribution in [2.75, 3.05) is 11.4 Å². The van der Waals surface area contributed by atoms with Gasteiger partial charge in [-0.1, -0.05) is 18.2 Å². The van der Waals surface area contributed by atoms with E-state index in [9.17, 15) is 0 Å². The lowest BCUT2D eigenvalue weighted by molar-refractivity contribution is 0.694. The number of nitrogens with zero attached hydrogens (tertiary/aromatic N) is 1. The van der Waals surface area contributed by atoms with Gasteiger partial charge in [-0.05, 0) is 49.4 Å². The molecule has 1 saturated carbocycles. The fraction of sp³-hybridized carbons (Fsp3) is 0.444. The lowest BCUT2D eigenvalue weighted by Crippen LogP contribution is -2.19. The van der Waals surface area contributed by atoms with Crippen LogP contribution in [0.1, 0.15) is 33.7 Å². The van der Waals surface area contributed by atoms with Crippen LogP contribution < -0.4 is 10.2 Å². The Morgan fingerprint density at radius 3 is 3.00 bits per heavy atom. The van der Waals surface area contributed by atoms with Gasteiger partial charge in [0.25, 0.3) is 0 Å². The predicted octanol–water partition coefficient (Wildman–Crippen LogP) is 3.87. The molecule has 110 valence electrons. The minimum Gasteiger partial charge on any atom is -0.367 e. The van der Waals surface area contributed by atoms with Crippen molar-refractivity contribution in [1.29, 1.82) is 0 Å². The van der Waals surface area contributed by atoms with Crippen LogP contribution in [0.4, 0.5) is 5.69 Å². The highest BCUT2D eigenvalue weighted by atomic mass is 32.1. The highest BCUT2D eigenvalue weighted by molar-refractivity contribution is 7.12. The second kappa shape index (κ2) is 5.47. The van der Waals surface area contributed by atoms with E-state index in [1.165, 1.54) is 45.8 Å². The lowest BCUT2D eigenvalue weighted by atomic mass is 10.2. The van der Waals surface area contributed by atoms with Crippen molar-refractivity contribution < 1.29 is 0 Å². The Bertz CT molecular complexity index is 642. The van der Waals surface area contributed by atoms with Gasteiger partial charge in [0.15, 0.2) is 0 Å². The standard InChI is InChI=1S/C18H22N2S/c1-13-15(10-17(21-13)11-19-16-6-7-16)12-20-9-8-14-4-2-3-5-18(14)20/h2-5,10,16,19H,6-9,11-12H2,1H3. The molecule has 0 atom stereocenters. The second-order valence-corrected chi connectivity index (χ2v) is 7.59. The molecule has 0 unspecified atom stereocenters. The van der Waals surface area contributed by atoms with E-state index in [1.807, 2.05) is 11.3 Å². The van der Waals surface area contributed by atoms with Crippen LogP contribution in [-0.4, -0.2) is 12.6 Å². The minimum atomic E-state index is 0.793. The molecule has 0 spiro atoms. The number of hydrogen-bond donors (Lipinski definition) is 1. The Balaban J connectivity index is 1.47. The molecule has 0 radical (unpaired) electrons. The normalized spacial score (nSPS) is 17.3. The molecule has 4 rings (SSSR count). The molecule has 0 bridgehead atoms. The zero-order valence-electron chi connectivity index (χ0n) is 12.6. The number of rotatable bonds is 5. The molecule has 1 N–H and O–H groups in total. The van der Waals surface area contributed by atoms with Crippen molar-refractivity contribution >= 4 is 17.0 Å². The van der Waals surface area contributed by atoms with Crippen molar-refractivity contribution in [2.45, 2.75) is 45.3 Å². The van der Waals surface area contributed by atoms with Gasteiger partial charge in [-0.3, -0.25) is 0 Å². The average molecular weight is 298 g/mol. The summed E-state index contributed by atoms with van der Waals surface area (Å²) in [5, 5.41) is 3.62. The third kappa shape index (κ3) is 2.85. The van der Waals surface area contributed by atoms with Crippen LogP contribution in [0.15, 0.2) is 30.3 Å². The monoisotopic (exact) mass is 298 g/mol. The van der Waals surface area contributed by atoms with E-state index in [4.69, 9.17) is 0 Å². The minimum absolute atomic E-state index is 0.793. The van der Waals surface area contributed by atoms with Crippen molar-refractivity contribution in [3.8, 4) is 0 Å². The van der Waals surface area contributed by atoms with Gasteiger partial charge >= 0.3 is 0 Å². The maximum Gasteiger partial charge on any atom is 0.0440 e. The van der Waals surface area contributed by atoms with Gasteiger partial charge in [0.1, 0.15) is 0 Å². The summed E-state index contributed by atoms with van der Waals surface area (Å²) in [7, 11) is 0. The van der Waals surface area contributed by atoms with E-state index < -0.39 is 0 Å². The molecular weight excluding hydrogens is 276 g/mol. The Labute approximate surface area is 130 Å². The summed E-state index contributed by atoms with van der Waals surface area (Å²) in [6, 6.07) is 12.0. The number of para-hydroxylation sites is 1. The molecule has 3 heteroatoms. The Morgan fingerprint density at radius 1 is 1.29 bits per heavy atom. The van der Waals surface area contributed by atoms with Crippen molar-refractivity contribution in [1.82, 2.24) is 5.32 Å². The van der Waals surface area contributed by atoms with E-state index in [0.29, 0.717) is 0 Å². The van der Waals surface area contributed by atoms with Gasteiger partial charge < -0.3 is 10.2 Å². The van der Waals surface area contributed by atoms with Crippen LogP contribution >= 0.6 is 11.3 Å². The average Bonchev–Trinajstić information content (AvgIpc) is 3.15. The number of anilines is 1. The Morgan fingerprint density at radius 2 is 2.14 bits per heavy atom. The first kappa shape index (κ1) is 13.4. The largest absolute Gasteiger partial charge is 0.367 e. The van der Waals surface area contributed by atoms with Gasteiger partial charge in [0.2, 0.25) is 0 Å². The summed E-state index contributed by atoms with van der Waals surface area (Å²) in [5.74, 6) is 0. The number of thiophene rings is 1. The van der Waals surface area contributed by atoms with Crippen molar-refractivity contribution in [2.24, 2.45) is 0 Å². The molecule has 2 aromatic rings. The molecule has 1 aromatic carbocycles. The molecule has 1 fully saturated rings. The van der Waals surface area contributed by atoms with Crippen LogP contribution in [0.3, 0.4) is 0 Å². The quantitative estimate of drug-likeness (QED) is 0.901.